The lowest BCUT2D eigenvalue weighted by atomic mass is 9.85. The number of hydrogen-bond donors (Lipinski definition) is 1. The number of rotatable bonds is 4. The van der Waals surface area contributed by atoms with Crippen molar-refractivity contribution in [2.24, 2.45) is 0 Å². The summed E-state index contributed by atoms with van der Waals surface area (Å²) < 4.78 is 0. The summed E-state index contributed by atoms with van der Waals surface area (Å²) in [4.78, 5) is 12.2. The molecule has 0 aliphatic rings. The van der Waals surface area contributed by atoms with E-state index in [1.807, 2.05) is 32.9 Å². The lowest BCUT2D eigenvalue weighted by Crippen LogP contribution is -2.29. The predicted molar refractivity (Wildman–Crippen MR) is 77.3 cm³/mol. The highest BCUT2D eigenvalue weighted by Crippen LogP contribution is 2.24. The molecule has 0 radical (unpaired) electrons. The van der Waals surface area contributed by atoms with E-state index in [2.05, 4.69) is 32.2 Å². The first-order valence-corrected chi connectivity index (χ1v) is 6.59. The molecule has 0 saturated heterocycles. The maximum Gasteiger partial charge on any atom is 0.176 e. The SMILES string of the molecule is Cc1ccc(C(C)(C)C)cc1C(=O)CNC(C)C. The van der Waals surface area contributed by atoms with Crippen LogP contribution in [-0.2, 0) is 5.41 Å². The van der Waals surface area contributed by atoms with Gasteiger partial charge in [0.05, 0.1) is 6.54 Å². The van der Waals surface area contributed by atoms with Gasteiger partial charge in [0.15, 0.2) is 5.78 Å². The lowest BCUT2D eigenvalue weighted by Gasteiger charge is -2.20. The summed E-state index contributed by atoms with van der Waals surface area (Å²) in [6.45, 7) is 13.0. The number of carbonyl (C=O) groups excluding carboxylic acids is 1. The van der Waals surface area contributed by atoms with Gasteiger partial charge in [0.1, 0.15) is 0 Å². The van der Waals surface area contributed by atoms with Crippen molar-refractivity contribution >= 4 is 5.78 Å². The predicted octanol–water partition coefficient (Wildman–Crippen LogP) is 3.47. The Labute approximate surface area is 111 Å². The van der Waals surface area contributed by atoms with Crippen LogP contribution in [0.2, 0.25) is 0 Å². The van der Waals surface area contributed by atoms with Crippen LogP contribution in [0.1, 0.15) is 56.1 Å². The lowest BCUT2D eigenvalue weighted by molar-refractivity contribution is 0.0988. The number of carbonyl (C=O) groups is 1. The zero-order valence-corrected chi connectivity index (χ0v) is 12.4. The number of benzene rings is 1. The quantitative estimate of drug-likeness (QED) is 0.825. The molecule has 1 N–H and O–H groups in total. The van der Waals surface area contributed by atoms with E-state index in [-0.39, 0.29) is 11.2 Å². The Balaban J connectivity index is 2.97. The summed E-state index contributed by atoms with van der Waals surface area (Å²) in [6, 6.07) is 6.53. The van der Waals surface area contributed by atoms with Gasteiger partial charge in [0.25, 0.3) is 0 Å². The van der Waals surface area contributed by atoms with E-state index in [0.717, 1.165) is 11.1 Å². The van der Waals surface area contributed by atoms with Gasteiger partial charge >= 0.3 is 0 Å². The van der Waals surface area contributed by atoms with Gasteiger partial charge in [-0.2, -0.15) is 0 Å². The van der Waals surface area contributed by atoms with Crippen LogP contribution in [0, 0.1) is 6.92 Å². The third kappa shape index (κ3) is 3.95. The van der Waals surface area contributed by atoms with E-state index >= 15 is 0 Å². The van der Waals surface area contributed by atoms with Crippen molar-refractivity contribution in [3.05, 3.63) is 34.9 Å². The molecule has 2 heteroatoms. The molecule has 1 aromatic rings. The molecule has 1 rings (SSSR count). The summed E-state index contributed by atoms with van der Waals surface area (Å²) in [5, 5.41) is 3.18. The summed E-state index contributed by atoms with van der Waals surface area (Å²) in [7, 11) is 0. The van der Waals surface area contributed by atoms with Gasteiger partial charge in [-0.1, -0.05) is 46.8 Å². The molecule has 0 spiro atoms. The molecule has 0 atom stereocenters. The number of nitrogens with one attached hydrogen (secondary N) is 1. The Bertz CT molecular complexity index is 427. The van der Waals surface area contributed by atoms with Crippen LogP contribution in [0.15, 0.2) is 18.2 Å². The number of hydrogen-bond acceptors (Lipinski definition) is 2. The Hall–Kier alpha value is -1.15. The summed E-state index contributed by atoms with van der Waals surface area (Å²) in [5.41, 5.74) is 3.18. The van der Waals surface area contributed by atoms with E-state index < -0.39 is 0 Å². The number of aryl methyl sites for hydroxylation is 1. The Morgan fingerprint density at radius 1 is 1.28 bits per heavy atom. The second-order valence-corrected chi connectivity index (χ2v) is 6.24. The molecule has 0 saturated carbocycles. The molecule has 100 valence electrons. The van der Waals surface area contributed by atoms with Crippen LogP contribution in [0.5, 0.6) is 0 Å². The molecule has 18 heavy (non-hydrogen) atoms. The van der Waals surface area contributed by atoms with Crippen LogP contribution in [0.3, 0.4) is 0 Å². The molecule has 0 amide bonds. The molecule has 0 fully saturated rings. The van der Waals surface area contributed by atoms with Gasteiger partial charge < -0.3 is 5.32 Å². The normalized spacial score (nSPS) is 11.9. The molecule has 1 aromatic carbocycles. The summed E-state index contributed by atoms with van der Waals surface area (Å²) in [6.07, 6.45) is 0. The van der Waals surface area contributed by atoms with Gasteiger partial charge in [0, 0.05) is 11.6 Å². The van der Waals surface area contributed by atoms with Crippen molar-refractivity contribution in [3.8, 4) is 0 Å². The standard InChI is InChI=1S/C16H25NO/c1-11(2)17-10-15(18)14-9-13(16(4,5)6)8-7-12(14)3/h7-9,11,17H,10H2,1-6H3. The summed E-state index contributed by atoms with van der Waals surface area (Å²) in [5.74, 6) is 0.173. The van der Waals surface area contributed by atoms with Gasteiger partial charge in [-0.25, -0.2) is 0 Å². The van der Waals surface area contributed by atoms with Crippen molar-refractivity contribution in [1.82, 2.24) is 5.32 Å². The molecule has 0 heterocycles. The minimum atomic E-state index is 0.0776. The highest BCUT2D eigenvalue weighted by Gasteiger charge is 2.17. The molecule has 2 nitrogen and oxygen atoms in total. The largest absolute Gasteiger partial charge is 0.307 e. The van der Waals surface area contributed by atoms with Gasteiger partial charge in [-0.3, -0.25) is 4.79 Å². The van der Waals surface area contributed by atoms with Crippen molar-refractivity contribution in [3.63, 3.8) is 0 Å². The fraction of sp³-hybridized carbons (Fsp3) is 0.562. The number of ketones is 1. The van der Waals surface area contributed by atoms with E-state index in [1.54, 1.807) is 0 Å². The minimum absolute atomic E-state index is 0.0776. The zero-order valence-electron chi connectivity index (χ0n) is 12.4. The van der Waals surface area contributed by atoms with Crippen molar-refractivity contribution in [2.45, 2.75) is 53.0 Å². The Kier molecular flexibility index (Phi) is 4.69. The molecule has 0 bridgehead atoms. The van der Waals surface area contributed by atoms with Crippen molar-refractivity contribution in [1.29, 1.82) is 0 Å². The second-order valence-electron chi connectivity index (χ2n) is 6.24. The smallest absolute Gasteiger partial charge is 0.176 e. The molecule has 0 aromatic heterocycles. The topological polar surface area (TPSA) is 29.1 Å². The molecular weight excluding hydrogens is 222 g/mol. The third-order valence-electron chi connectivity index (χ3n) is 3.07. The fourth-order valence-electron chi connectivity index (χ4n) is 1.78. The molecule has 0 unspecified atom stereocenters. The van der Waals surface area contributed by atoms with Crippen LogP contribution >= 0.6 is 0 Å². The molecular formula is C16H25NO. The van der Waals surface area contributed by atoms with Crippen LogP contribution in [0.4, 0.5) is 0 Å². The highest BCUT2D eigenvalue weighted by molar-refractivity contribution is 5.99. The van der Waals surface area contributed by atoms with Crippen LogP contribution in [0.25, 0.3) is 0 Å². The monoisotopic (exact) mass is 247 g/mol. The van der Waals surface area contributed by atoms with Crippen molar-refractivity contribution in [2.75, 3.05) is 6.54 Å². The first-order valence-electron chi connectivity index (χ1n) is 6.59. The van der Waals surface area contributed by atoms with Crippen molar-refractivity contribution < 1.29 is 4.79 Å². The van der Waals surface area contributed by atoms with E-state index in [4.69, 9.17) is 0 Å². The van der Waals surface area contributed by atoms with E-state index in [0.29, 0.717) is 12.6 Å². The maximum atomic E-state index is 12.2. The Morgan fingerprint density at radius 2 is 1.89 bits per heavy atom. The van der Waals surface area contributed by atoms with E-state index in [9.17, 15) is 4.79 Å². The average molecular weight is 247 g/mol. The molecule has 0 aliphatic heterocycles. The zero-order chi connectivity index (χ0) is 13.9. The first-order chi connectivity index (χ1) is 8.21. The third-order valence-corrected chi connectivity index (χ3v) is 3.07. The fourth-order valence-corrected chi connectivity index (χ4v) is 1.78. The average Bonchev–Trinajstić information content (AvgIpc) is 2.24. The van der Waals surface area contributed by atoms with E-state index in [1.165, 1.54) is 5.56 Å². The first kappa shape index (κ1) is 14.9. The van der Waals surface area contributed by atoms with Gasteiger partial charge in [-0.15, -0.1) is 0 Å². The number of Topliss-reactive ketones (excluding diaryl/α,β-unsaturated/α-hetero) is 1. The minimum Gasteiger partial charge on any atom is -0.307 e. The molecule has 0 aliphatic carbocycles. The van der Waals surface area contributed by atoms with Gasteiger partial charge in [0.2, 0.25) is 0 Å². The summed E-state index contributed by atoms with van der Waals surface area (Å²) >= 11 is 0. The van der Waals surface area contributed by atoms with Crippen LogP contribution < -0.4 is 5.32 Å². The maximum absolute atomic E-state index is 12.2. The second kappa shape index (κ2) is 5.66. The Morgan fingerprint density at radius 3 is 2.39 bits per heavy atom. The van der Waals surface area contributed by atoms with Crippen LogP contribution in [-0.4, -0.2) is 18.4 Å². The van der Waals surface area contributed by atoms with Gasteiger partial charge in [-0.05, 0) is 29.5 Å². The highest BCUT2D eigenvalue weighted by atomic mass is 16.1.